The van der Waals surface area contributed by atoms with Crippen LogP contribution in [0.3, 0.4) is 0 Å². The number of thiophene rings is 2. The van der Waals surface area contributed by atoms with Crippen molar-refractivity contribution in [3.63, 3.8) is 0 Å². The van der Waals surface area contributed by atoms with E-state index in [0.29, 0.717) is 4.83 Å². The van der Waals surface area contributed by atoms with Crippen molar-refractivity contribution >= 4 is 50.2 Å². The molecule has 4 heteroatoms. The van der Waals surface area contributed by atoms with Gasteiger partial charge in [0.15, 0.2) is 0 Å². The topological polar surface area (TPSA) is 0 Å². The van der Waals surface area contributed by atoms with Gasteiger partial charge in [-0.05, 0) is 31.2 Å². The Morgan fingerprint density at radius 1 is 1.14 bits per heavy atom. The highest BCUT2D eigenvalue weighted by Crippen LogP contribution is 2.39. The summed E-state index contributed by atoms with van der Waals surface area (Å²) in [5, 5.41) is 0. The second-order valence-electron chi connectivity index (χ2n) is 2.95. The molecule has 1 atom stereocenters. The first-order chi connectivity index (χ1) is 6.66. The van der Waals surface area contributed by atoms with Crippen LogP contribution >= 0.6 is 50.2 Å². The maximum absolute atomic E-state index is 5.90. The molecule has 0 amide bonds. The molecule has 14 heavy (non-hydrogen) atoms. The highest BCUT2D eigenvalue weighted by atomic mass is 79.9. The Kier molecular flexibility index (Phi) is 3.32. The highest BCUT2D eigenvalue weighted by Gasteiger charge is 2.13. The number of aryl methyl sites for hydroxylation is 1. The summed E-state index contributed by atoms with van der Waals surface area (Å²) < 4.78 is 0.845. The normalized spacial score (nSPS) is 13.1. The summed E-state index contributed by atoms with van der Waals surface area (Å²) in [6.45, 7) is 2.12. The van der Waals surface area contributed by atoms with Crippen molar-refractivity contribution < 1.29 is 0 Å². The van der Waals surface area contributed by atoms with Gasteiger partial charge in [-0.2, -0.15) is 0 Å². The maximum atomic E-state index is 5.90. The van der Waals surface area contributed by atoms with E-state index < -0.39 is 0 Å². The van der Waals surface area contributed by atoms with Crippen molar-refractivity contribution in [1.82, 2.24) is 0 Å². The minimum atomic E-state index is 0.290. The third-order valence-electron chi connectivity index (χ3n) is 1.85. The molecule has 0 aliphatic carbocycles. The van der Waals surface area contributed by atoms with Gasteiger partial charge in [0.25, 0.3) is 0 Å². The Bertz CT molecular complexity index is 393. The lowest BCUT2D eigenvalue weighted by molar-refractivity contribution is 1.29. The van der Waals surface area contributed by atoms with Crippen LogP contribution in [0.4, 0.5) is 0 Å². The summed E-state index contributed by atoms with van der Waals surface area (Å²) in [6.07, 6.45) is 0. The number of hydrogen-bond acceptors (Lipinski definition) is 2. The molecule has 0 saturated heterocycles. The SMILES string of the molecule is Cc1ccc(C(Br)c2ccc(Cl)s2)s1. The lowest BCUT2D eigenvalue weighted by atomic mass is 10.3. The Labute approximate surface area is 105 Å². The largest absolute Gasteiger partial charge is 0.144 e. The fraction of sp³-hybridized carbons (Fsp3) is 0.200. The van der Waals surface area contributed by atoms with Gasteiger partial charge in [0.05, 0.1) is 9.16 Å². The van der Waals surface area contributed by atoms with Gasteiger partial charge in [0.2, 0.25) is 0 Å². The Morgan fingerprint density at radius 3 is 2.29 bits per heavy atom. The van der Waals surface area contributed by atoms with Gasteiger partial charge in [0, 0.05) is 14.6 Å². The molecule has 1 unspecified atom stereocenters. The van der Waals surface area contributed by atoms with Gasteiger partial charge < -0.3 is 0 Å². The van der Waals surface area contributed by atoms with Crippen LogP contribution in [0.1, 0.15) is 19.5 Å². The predicted molar refractivity (Wildman–Crippen MR) is 69.2 cm³/mol. The van der Waals surface area contributed by atoms with E-state index in [1.807, 2.05) is 17.4 Å². The zero-order valence-corrected chi connectivity index (χ0v) is 11.4. The number of halogens is 2. The minimum Gasteiger partial charge on any atom is -0.144 e. The molecular weight excluding hydrogens is 300 g/mol. The van der Waals surface area contributed by atoms with Crippen molar-refractivity contribution in [3.8, 4) is 0 Å². The standard InChI is InChI=1S/C10H8BrClS2/c1-6-2-3-7(13-6)10(11)8-4-5-9(12)14-8/h2-5,10H,1H3. The Morgan fingerprint density at radius 2 is 1.79 bits per heavy atom. The zero-order valence-electron chi connectivity index (χ0n) is 7.46. The zero-order chi connectivity index (χ0) is 10.1. The third kappa shape index (κ3) is 2.22. The molecule has 0 N–H and O–H groups in total. The van der Waals surface area contributed by atoms with E-state index in [-0.39, 0.29) is 0 Å². The highest BCUT2D eigenvalue weighted by molar-refractivity contribution is 9.09. The molecule has 0 bridgehead atoms. The molecule has 0 nitrogen and oxygen atoms in total. The van der Waals surface area contributed by atoms with Gasteiger partial charge in [-0.3, -0.25) is 0 Å². The van der Waals surface area contributed by atoms with Crippen LogP contribution in [-0.2, 0) is 0 Å². The molecule has 0 aliphatic heterocycles. The average Bonchev–Trinajstić information content (AvgIpc) is 2.73. The van der Waals surface area contributed by atoms with Crippen LogP contribution < -0.4 is 0 Å². The van der Waals surface area contributed by atoms with Crippen LogP contribution in [-0.4, -0.2) is 0 Å². The smallest absolute Gasteiger partial charge is 0.0931 e. The van der Waals surface area contributed by atoms with E-state index in [4.69, 9.17) is 11.6 Å². The van der Waals surface area contributed by atoms with Gasteiger partial charge in [-0.25, -0.2) is 0 Å². The second-order valence-corrected chi connectivity index (χ2v) is 6.93. The predicted octanol–water partition coefficient (Wildman–Crippen LogP) is 5.26. The summed E-state index contributed by atoms with van der Waals surface area (Å²) in [5.74, 6) is 0. The summed E-state index contributed by atoms with van der Waals surface area (Å²) in [6, 6.07) is 8.31. The molecule has 2 heterocycles. The second kappa shape index (κ2) is 4.35. The minimum absolute atomic E-state index is 0.290. The van der Waals surface area contributed by atoms with Crippen molar-refractivity contribution in [2.45, 2.75) is 11.8 Å². The fourth-order valence-electron chi connectivity index (χ4n) is 1.19. The summed E-state index contributed by atoms with van der Waals surface area (Å²) >= 11 is 13.0. The number of hydrogen-bond donors (Lipinski definition) is 0. The first-order valence-corrected chi connectivity index (χ1v) is 7.05. The van der Waals surface area contributed by atoms with E-state index in [2.05, 4.69) is 41.1 Å². The molecule has 74 valence electrons. The van der Waals surface area contributed by atoms with E-state index in [9.17, 15) is 0 Å². The molecule has 2 aromatic rings. The lowest BCUT2D eigenvalue weighted by Crippen LogP contribution is -1.83. The van der Waals surface area contributed by atoms with Crippen molar-refractivity contribution in [2.75, 3.05) is 0 Å². The Balaban J connectivity index is 2.28. The molecule has 0 saturated carbocycles. The van der Waals surface area contributed by atoms with Crippen LogP contribution in [0.5, 0.6) is 0 Å². The maximum Gasteiger partial charge on any atom is 0.0931 e. The van der Waals surface area contributed by atoms with Crippen LogP contribution in [0.15, 0.2) is 24.3 Å². The molecule has 0 spiro atoms. The average molecular weight is 308 g/mol. The van der Waals surface area contributed by atoms with Gasteiger partial charge in [-0.15, -0.1) is 22.7 Å². The molecule has 2 rings (SSSR count). The third-order valence-corrected chi connectivity index (χ3v) is 5.81. The van der Waals surface area contributed by atoms with E-state index in [0.717, 1.165) is 4.34 Å². The quantitative estimate of drug-likeness (QED) is 0.664. The van der Waals surface area contributed by atoms with Crippen molar-refractivity contribution in [2.24, 2.45) is 0 Å². The van der Waals surface area contributed by atoms with Gasteiger partial charge in [0.1, 0.15) is 0 Å². The van der Waals surface area contributed by atoms with Crippen LogP contribution in [0.2, 0.25) is 4.34 Å². The van der Waals surface area contributed by atoms with Gasteiger partial charge >= 0.3 is 0 Å². The molecule has 0 radical (unpaired) electrons. The first kappa shape index (κ1) is 10.7. The van der Waals surface area contributed by atoms with E-state index >= 15 is 0 Å². The summed E-state index contributed by atoms with van der Waals surface area (Å²) in [4.78, 5) is 4.23. The molecule has 0 fully saturated rings. The lowest BCUT2D eigenvalue weighted by Gasteiger charge is -2.03. The number of rotatable bonds is 2. The Hall–Kier alpha value is 0.170. The van der Waals surface area contributed by atoms with Crippen LogP contribution in [0.25, 0.3) is 0 Å². The molecular formula is C10H8BrClS2. The van der Waals surface area contributed by atoms with E-state index in [1.54, 1.807) is 11.3 Å². The van der Waals surface area contributed by atoms with Crippen LogP contribution in [0, 0.1) is 6.92 Å². The van der Waals surface area contributed by atoms with Crippen molar-refractivity contribution in [1.29, 1.82) is 0 Å². The monoisotopic (exact) mass is 306 g/mol. The van der Waals surface area contributed by atoms with E-state index in [1.165, 1.54) is 14.6 Å². The molecule has 2 aromatic heterocycles. The summed E-state index contributed by atoms with van der Waals surface area (Å²) in [7, 11) is 0. The molecule has 0 aromatic carbocycles. The van der Waals surface area contributed by atoms with Gasteiger partial charge in [-0.1, -0.05) is 27.5 Å². The first-order valence-electron chi connectivity index (χ1n) is 4.12. The fourth-order valence-corrected chi connectivity index (χ4v) is 4.07. The number of alkyl halides is 1. The molecule has 0 aliphatic rings. The summed E-state index contributed by atoms with van der Waals surface area (Å²) in [5.41, 5.74) is 0. The van der Waals surface area contributed by atoms with Crippen molar-refractivity contribution in [3.05, 3.63) is 43.2 Å².